The molecule has 19 heavy (non-hydrogen) atoms. The van der Waals surface area contributed by atoms with Gasteiger partial charge in [-0.2, -0.15) is 0 Å². The highest BCUT2D eigenvalue weighted by Gasteiger charge is 2.29. The van der Waals surface area contributed by atoms with E-state index in [1.54, 1.807) is 0 Å². The van der Waals surface area contributed by atoms with Gasteiger partial charge in [-0.05, 0) is 26.2 Å². The van der Waals surface area contributed by atoms with E-state index in [1.165, 1.54) is 10.6 Å². The van der Waals surface area contributed by atoms with Crippen molar-refractivity contribution >= 4 is 17.5 Å². The molecule has 0 aromatic carbocycles. The first-order chi connectivity index (χ1) is 9.01. The standard InChI is InChI=1S/C13H18ClN3O2/c1-3-8(2)15-11(18)7-17-12(19)6-10(14)16-13(17)9-4-5-9/h6,8-9H,3-5,7H2,1-2H3,(H,15,18). The third-order valence-corrected chi connectivity index (χ3v) is 3.46. The molecule has 1 heterocycles. The zero-order chi connectivity index (χ0) is 14.0. The van der Waals surface area contributed by atoms with E-state index in [-0.39, 0.29) is 35.1 Å². The van der Waals surface area contributed by atoms with E-state index >= 15 is 0 Å². The Morgan fingerprint density at radius 2 is 2.32 bits per heavy atom. The Labute approximate surface area is 117 Å². The fourth-order valence-corrected chi connectivity index (χ4v) is 2.05. The van der Waals surface area contributed by atoms with Gasteiger partial charge in [-0.25, -0.2) is 4.98 Å². The SMILES string of the molecule is CCC(C)NC(=O)Cn1c(C2CC2)nc(Cl)cc1=O. The van der Waals surface area contributed by atoms with Gasteiger partial charge in [0.2, 0.25) is 5.91 Å². The number of hydrogen-bond acceptors (Lipinski definition) is 3. The van der Waals surface area contributed by atoms with Crippen molar-refractivity contribution in [2.75, 3.05) is 0 Å². The highest BCUT2D eigenvalue weighted by Crippen LogP contribution is 2.38. The van der Waals surface area contributed by atoms with Gasteiger partial charge in [0.1, 0.15) is 17.5 Å². The van der Waals surface area contributed by atoms with Crippen LogP contribution in [0.2, 0.25) is 5.15 Å². The number of aromatic nitrogens is 2. The first-order valence-corrected chi connectivity index (χ1v) is 6.95. The molecule has 1 atom stereocenters. The van der Waals surface area contributed by atoms with Crippen molar-refractivity contribution in [1.29, 1.82) is 0 Å². The zero-order valence-corrected chi connectivity index (χ0v) is 11.9. The minimum absolute atomic E-state index is 0.0131. The molecule has 1 aliphatic carbocycles. The average Bonchev–Trinajstić information content (AvgIpc) is 3.16. The van der Waals surface area contributed by atoms with E-state index in [9.17, 15) is 9.59 Å². The summed E-state index contributed by atoms with van der Waals surface area (Å²) in [4.78, 5) is 28.0. The van der Waals surface area contributed by atoms with Crippen LogP contribution in [-0.4, -0.2) is 21.5 Å². The normalized spacial score (nSPS) is 16.2. The largest absolute Gasteiger partial charge is 0.352 e. The van der Waals surface area contributed by atoms with Crippen molar-refractivity contribution < 1.29 is 4.79 Å². The summed E-state index contributed by atoms with van der Waals surface area (Å²) < 4.78 is 1.43. The highest BCUT2D eigenvalue weighted by atomic mass is 35.5. The second-order valence-corrected chi connectivity index (χ2v) is 5.40. The lowest BCUT2D eigenvalue weighted by atomic mass is 10.2. The number of rotatable bonds is 5. The maximum Gasteiger partial charge on any atom is 0.255 e. The Morgan fingerprint density at radius 3 is 2.89 bits per heavy atom. The summed E-state index contributed by atoms with van der Waals surface area (Å²) in [6.07, 6.45) is 2.86. The molecule has 0 spiro atoms. The summed E-state index contributed by atoms with van der Waals surface area (Å²) in [6.45, 7) is 3.94. The van der Waals surface area contributed by atoms with Crippen LogP contribution in [-0.2, 0) is 11.3 Å². The minimum atomic E-state index is -0.263. The van der Waals surface area contributed by atoms with Crippen LogP contribution in [0, 0.1) is 0 Å². The maximum absolute atomic E-state index is 11.9. The molecular formula is C13H18ClN3O2. The summed E-state index contributed by atoms with van der Waals surface area (Å²) in [5.41, 5.74) is -0.263. The molecule has 2 rings (SSSR count). The van der Waals surface area contributed by atoms with Crippen LogP contribution >= 0.6 is 11.6 Å². The van der Waals surface area contributed by atoms with Gasteiger partial charge in [0.15, 0.2) is 0 Å². The Morgan fingerprint density at radius 1 is 1.63 bits per heavy atom. The fraction of sp³-hybridized carbons (Fsp3) is 0.615. The molecule has 0 saturated heterocycles. The van der Waals surface area contributed by atoms with Crippen molar-refractivity contribution in [1.82, 2.24) is 14.9 Å². The summed E-state index contributed by atoms with van der Waals surface area (Å²) in [6, 6.07) is 1.36. The van der Waals surface area contributed by atoms with Crippen LogP contribution in [0.3, 0.4) is 0 Å². The molecule has 6 heteroatoms. The van der Waals surface area contributed by atoms with E-state index in [1.807, 2.05) is 13.8 Å². The first kappa shape index (κ1) is 14.1. The van der Waals surface area contributed by atoms with Crippen molar-refractivity contribution in [2.45, 2.75) is 51.6 Å². The van der Waals surface area contributed by atoms with Gasteiger partial charge in [0, 0.05) is 18.0 Å². The number of hydrogen-bond donors (Lipinski definition) is 1. The van der Waals surface area contributed by atoms with Gasteiger partial charge in [-0.3, -0.25) is 14.2 Å². The molecule has 1 unspecified atom stereocenters. The lowest BCUT2D eigenvalue weighted by Gasteiger charge is -2.14. The quantitative estimate of drug-likeness (QED) is 0.837. The second-order valence-electron chi connectivity index (χ2n) is 5.01. The van der Waals surface area contributed by atoms with Gasteiger partial charge in [-0.1, -0.05) is 18.5 Å². The Bertz CT molecular complexity index is 537. The van der Waals surface area contributed by atoms with Crippen molar-refractivity contribution in [2.24, 2.45) is 0 Å². The summed E-state index contributed by atoms with van der Waals surface area (Å²) in [7, 11) is 0. The smallest absolute Gasteiger partial charge is 0.255 e. The minimum Gasteiger partial charge on any atom is -0.352 e. The molecule has 1 aromatic heterocycles. The molecule has 0 aliphatic heterocycles. The molecule has 104 valence electrons. The number of carbonyl (C=O) groups excluding carboxylic acids is 1. The van der Waals surface area contributed by atoms with Gasteiger partial charge in [0.05, 0.1) is 0 Å². The van der Waals surface area contributed by atoms with E-state index in [4.69, 9.17) is 11.6 Å². The zero-order valence-electron chi connectivity index (χ0n) is 11.1. The van der Waals surface area contributed by atoms with Gasteiger partial charge in [0.25, 0.3) is 5.56 Å². The van der Waals surface area contributed by atoms with Gasteiger partial charge in [-0.15, -0.1) is 0 Å². The topological polar surface area (TPSA) is 64.0 Å². The number of amides is 1. The van der Waals surface area contributed by atoms with E-state index in [0.29, 0.717) is 5.82 Å². The van der Waals surface area contributed by atoms with Crippen molar-refractivity contribution in [3.05, 3.63) is 27.4 Å². The third kappa shape index (κ3) is 3.56. The molecule has 0 radical (unpaired) electrons. The molecule has 1 N–H and O–H groups in total. The lowest BCUT2D eigenvalue weighted by Crippen LogP contribution is -2.38. The van der Waals surface area contributed by atoms with Crippen LogP contribution in [0.15, 0.2) is 10.9 Å². The molecule has 1 saturated carbocycles. The van der Waals surface area contributed by atoms with Crippen molar-refractivity contribution in [3.63, 3.8) is 0 Å². The second kappa shape index (κ2) is 5.74. The summed E-state index contributed by atoms with van der Waals surface area (Å²) in [5.74, 6) is 0.738. The summed E-state index contributed by atoms with van der Waals surface area (Å²) in [5, 5.41) is 3.05. The molecule has 5 nitrogen and oxygen atoms in total. The number of halogens is 1. The van der Waals surface area contributed by atoms with Crippen molar-refractivity contribution in [3.8, 4) is 0 Å². The molecule has 1 amide bonds. The van der Waals surface area contributed by atoms with Crippen LogP contribution in [0.25, 0.3) is 0 Å². The highest BCUT2D eigenvalue weighted by molar-refractivity contribution is 6.29. The number of carbonyl (C=O) groups is 1. The van der Waals surface area contributed by atoms with E-state index in [0.717, 1.165) is 19.3 Å². The summed E-state index contributed by atoms with van der Waals surface area (Å²) >= 11 is 5.81. The van der Waals surface area contributed by atoms with Gasteiger partial charge < -0.3 is 5.32 Å². The maximum atomic E-state index is 11.9. The number of nitrogens with one attached hydrogen (secondary N) is 1. The van der Waals surface area contributed by atoms with Gasteiger partial charge >= 0.3 is 0 Å². The molecular weight excluding hydrogens is 266 g/mol. The predicted octanol–water partition coefficient (Wildman–Crippen LogP) is 1.69. The lowest BCUT2D eigenvalue weighted by molar-refractivity contribution is -0.122. The van der Waals surface area contributed by atoms with Crippen LogP contribution < -0.4 is 10.9 Å². The van der Waals surface area contributed by atoms with Crippen LogP contribution in [0.4, 0.5) is 0 Å². The Hall–Kier alpha value is -1.36. The Balaban J connectivity index is 2.19. The predicted molar refractivity (Wildman–Crippen MR) is 73.4 cm³/mol. The first-order valence-electron chi connectivity index (χ1n) is 6.58. The third-order valence-electron chi connectivity index (χ3n) is 3.27. The van der Waals surface area contributed by atoms with E-state index in [2.05, 4.69) is 10.3 Å². The molecule has 0 bridgehead atoms. The monoisotopic (exact) mass is 283 g/mol. The molecule has 1 aromatic rings. The van der Waals surface area contributed by atoms with Crippen LogP contribution in [0.1, 0.15) is 44.9 Å². The Kier molecular flexibility index (Phi) is 4.24. The van der Waals surface area contributed by atoms with E-state index < -0.39 is 0 Å². The van der Waals surface area contributed by atoms with Crippen LogP contribution in [0.5, 0.6) is 0 Å². The average molecular weight is 284 g/mol. The number of nitrogens with zero attached hydrogens (tertiary/aromatic N) is 2. The molecule has 1 fully saturated rings. The molecule has 1 aliphatic rings. The fourth-order valence-electron chi connectivity index (χ4n) is 1.87.